The van der Waals surface area contributed by atoms with E-state index >= 15 is 0 Å². The van der Waals surface area contributed by atoms with Crippen molar-refractivity contribution in [2.45, 2.75) is 24.8 Å². The number of carbonyl (C=O) groups excluding carboxylic acids is 1. The first-order valence-corrected chi connectivity index (χ1v) is 7.42. The van der Waals surface area contributed by atoms with Crippen molar-refractivity contribution in [3.05, 3.63) is 29.8 Å². The molecule has 1 aromatic carbocycles. The molecule has 0 unspecified atom stereocenters. The zero-order chi connectivity index (χ0) is 14.1. The summed E-state index contributed by atoms with van der Waals surface area (Å²) in [5, 5.41) is 5.63. The van der Waals surface area contributed by atoms with Gasteiger partial charge in [0.1, 0.15) is 0 Å². The number of amides is 2. The number of ether oxygens (including phenoxy) is 1. The van der Waals surface area contributed by atoms with Crippen LogP contribution in [0.15, 0.2) is 29.2 Å². The van der Waals surface area contributed by atoms with Gasteiger partial charge >= 0.3 is 6.03 Å². The fourth-order valence-electron chi connectivity index (χ4n) is 1.62. The number of benzene rings is 1. The van der Waals surface area contributed by atoms with Crippen molar-refractivity contribution in [3.8, 4) is 0 Å². The smallest absolute Gasteiger partial charge is 0.315 e. The van der Waals surface area contributed by atoms with Crippen LogP contribution in [0.2, 0.25) is 0 Å². The molecule has 0 heterocycles. The normalized spacial score (nSPS) is 11.9. The number of carbonyl (C=O) groups is 1. The molecule has 0 radical (unpaired) electrons. The Kier molecular flexibility index (Phi) is 7.36. The molecule has 1 rings (SSSR count). The Bertz CT molecular complexity index is 382. The first-order valence-electron chi connectivity index (χ1n) is 6.43. The summed E-state index contributed by atoms with van der Waals surface area (Å²) in [4.78, 5) is 12.8. The molecule has 0 bridgehead atoms. The maximum Gasteiger partial charge on any atom is 0.315 e. The minimum absolute atomic E-state index is 0.0109. The molecule has 2 N–H and O–H groups in total. The van der Waals surface area contributed by atoms with Crippen LogP contribution >= 0.6 is 11.8 Å². The van der Waals surface area contributed by atoms with Crippen molar-refractivity contribution < 1.29 is 9.53 Å². The first-order chi connectivity index (χ1) is 9.17. The third-order valence-corrected chi connectivity index (χ3v) is 3.52. The van der Waals surface area contributed by atoms with E-state index in [1.54, 1.807) is 7.11 Å². The average Bonchev–Trinajstić information content (AvgIpc) is 2.40. The van der Waals surface area contributed by atoms with E-state index in [0.29, 0.717) is 13.2 Å². The molecule has 5 heteroatoms. The largest absolute Gasteiger partial charge is 0.383 e. The zero-order valence-corrected chi connectivity index (χ0v) is 12.5. The lowest BCUT2D eigenvalue weighted by atomic mass is 10.1. The molecule has 19 heavy (non-hydrogen) atoms. The highest BCUT2D eigenvalue weighted by atomic mass is 32.2. The Labute approximate surface area is 119 Å². The molecule has 106 valence electrons. The molecular weight excluding hydrogens is 260 g/mol. The summed E-state index contributed by atoms with van der Waals surface area (Å²) >= 11 is 1.81. The Morgan fingerprint density at radius 3 is 2.63 bits per heavy atom. The van der Waals surface area contributed by atoms with E-state index in [-0.39, 0.29) is 12.1 Å². The molecule has 0 aliphatic rings. The Morgan fingerprint density at radius 1 is 1.37 bits per heavy atom. The van der Waals surface area contributed by atoms with Crippen molar-refractivity contribution in [2.24, 2.45) is 0 Å². The second-order valence-electron chi connectivity index (χ2n) is 4.12. The molecule has 0 saturated carbocycles. The van der Waals surface area contributed by atoms with Crippen molar-refractivity contribution in [1.82, 2.24) is 10.6 Å². The maximum atomic E-state index is 11.6. The van der Waals surface area contributed by atoms with Crippen LogP contribution in [0.1, 0.15) is 25.5 Å². The molecule has 0 aliphatic carbocycles. The van der Waals surface area contributed by atoms with Gasteiger partial charge in [0, 0.05) is 18.6 Å². The van der Waals surface area contributed by atoms with E-state index in [9.17, 15) is 4.79 Å². The maximum absolute atomic E-state index is 11.6. The van der Waals surface area contributed by atoms with Gasteiger partial charge in [-0.25, -0.2) is 4.79 Å². The third kappa shape index (κ3) is 5.98. The summed E-state index contributed by atoms with van der Waals surface area (Å²) in [6.07, 6.45) is 0. The van der Waals surface area contributed by atoms with Crippen LogP contribution in [0.5, 0.6) is 0 Å². The van der Waals surface area contributed by atoms with Gasteiger partial charge in [0.2, 0.25) is 0 Å². The first kappa shape index (κ1) is 15.9. The summed E-state index contributed by atoms with van der Waals surface area (Å²) in [7, 11) is 1.61. The number of nitrogens with one attached hydrogen (secondary N) is 2. The van der Waals surface area contributed by atoms with Crippen molar-refractivity contribution in [3.63, 3.8) is 0 Å². The highest BCUT2D eigenvalue weighted by Gasteiger charge is 2.08. The van der Waals surface area contributed by atoms with Crippen LogP contribution in [0, 0.1) is 0 Å². The fourth-order valence-corrected chi connectivity index (χ4v) is 2.28. The van der Waals surface area contributed by atoms with E-state index in [0.717, 1.165) is 11.3 Å². The summed E-state index contributed by atoms with van der Waals surface area (Å²) < 4.78 is 4.87. The van der Waals surface area contributed by atoms with Crippen LogP contribution < -0.4 is 10.6 Å². The van der Waals surface area contributed by atoms with E-state index in [2.05, 4.69) is 41.8 Å². The van der Waals surface area contributed by atoms with Gasteiger partial charge in [0.05, 0.1) is 12.6 Å². The van der Waals surface area contributed by atoms with Gasteiger partial charge in [-0.05, 0) is 30.4 Å². The standard InChI is InChI=1S/C14H22N2O2S/c1-4-19-13-7-5-12(6-8-13)11(2)16-14(17)15-9-10-18-3/h5-8,11H,4,9-10H2,1-3H3,(H2,15,16,17)/t11-/m0/s1. The molecule has 2 amide bonds. The summed E-state index contributed by atoms with van der Waals surface area (Å²) in [5.41, 5.74) is 1.10. The second kappa shape index (κ2) is 8.82. The number of methoxy groups -OCH3 is 1. The minimum atomic E-state index is -0.170. The Hall–Kier alpha value is -1.20. The predicted molar refractivity (Wildman–Crippen MR) is 79.7 cm³/mol. The Balaban J connectivity index is 2.43. The summed E-state index contributed by atoms with van der Waals surface area (Å²) in [6, 6.07) is 8.10. The number of hydrogen-bond donors (Lipinski definition) is 2. The topological polar surface area (TPSA) is 50.4 Å². The lowest BCUT2D eigenvalue weighted by Gasteiger charge is -2.15. The third-order valence-electron chi connectivity index (χ3n) is 2.63. The predicted octanol–water partition coefficient (Wildman–Crippen LogP) is 2.81. The van der Waals surface area contributed by atoms with Gasteiger partial charge in [-0.15, -0.1) is 11.8 Å². The van der Waals surface area contributed by atoms with Gasteiger partial charge in [0.25, 0.3) is 0 Å². The second-order valence-corrected chi connectivity index (χ2v) is 5.45. The fraction of sp³-hybridized carbons (Fsp3) is 0.500. The number of urea groups is 1. The van der Waals surface area contributed by atoms with Crippen LogP contribution in [0.25, 0.3) is 0 Å². The van der Waals surface area contributed by atoms with Gasteiger partial charge in [-0.1, -0.05) is 19.1 Å². The molecule has 4 nitrogen and oxygen atoms in total. The van der Waals surface area contributed by atoms with Gasteiger partial charge in [-0.3, -0.25) is 0 Å². The average molecular weight is 282 g/mol. The molecule has 0 spiro atoms. The van der Waals surface area contributed by atoms with Crippen LogP contribution in [-0.2, 0) is 4.74 Å². The van der Waals surface area contributed by atoms with E-state index in [1.165, 1.54) is 4.90 Å². The molecule has 0 aliphatic heterocycles. The van der Waals surface area contributed by atoms with Gasteiger partial charge in [0.15, 0.2) is 0 Å². The number of rotatable bonds is 7. The lowest BCUT2D eigenvalue weighted by molar-refractivity contribution is 0.195. The lowest BCUT2D eigenvalue weighted by Crippen LogP contribution is -2.38. The van der Waals surface area contributed by atoms with E-state index in [4.69, 9.17) is 4.74 Å². The van der Waals surface area contributed by atoms with Gasteiger partial charge in [-0.2, -0.15) is 0 Å². The SMILES string of the molecule is CCSc1ccc([C@H](C)NC(=O)NCCOC)cc1. The molecule has 0 aromatic heterocycles. The van der Waals surface area contributed by atoms with Crippen molar-refractivity contribution in [2.75, 3.05) is 26.0 Å². The Morgan fingerprint density at radius 2 is 2.05 bits per heavy atom. The zero-order valence-electron chi connectivity index (χ0n) is 11.7. The molecule has 0 fully saturated rings. The number of thioether (sulfide) groups is 1. The van der Waals surface area contributed by atoms with Gasteiger partial charge < -0.3 is 15.4 Å². The van der Waals surface area contributed by atoms with Crippen LogP contribution in [0.4, 0.5) is 4.79 Å². The monoisotopic (exact) mass is 282 g/mol. The molecule has 1 atom stereocenters. The number of hydrogen-bond acceptors (Lipinski definition) is 3. The quantitative estimate of drug-likeness (QED) is 0.597. The minimum Gasteiger partial charge on any atom is -0.383 e. The molecule has 0 saturated heterocycles. The van der Waals surface area contributed by atoms with Crippen molar-refractivity contribution >= 4 is 17.8 Å². The highest BCUT2D eigenvalue weighted by Crippen LogP contribution is 2.20. The van der Waals surface area contributed by atoms with E-state index in [1.807, 2.05) is 18.7 Å². The van der Waals surface area contributed by atoms with Crippen molar-refractivity contribution in [1.29, 1.82) is 0 Å². The summed E-state index contributed by atoms with van der Waals surface area (Å²) in [6.45, 7) is 5.14. The van der Waals surface area contributed by atoms with Crippen LogP contribution in [0.3, 0.4) is 0 Å². The van der Waals surface area contributed by atoms with Crippen LogP contribution in [-0.4, -0.2) is 32.0 Å². The highest BCUT2D eigenvalue weighted by molar-refractivity contribution is 7.99. The molecule has 1 aromatic rings. The summed E-state index contributed by atoms with van der Waals surface area (Å²) in [5.74, 6) is 1.06. The van der Waals surface area contributed by atoms with E-state index < -0.39 is 0 Å². The molecular formula is C14H22N2O2S.